The highest BCUT2D eigenvalue weighted by Gasteiger charge is 2.31. The fraction of sp³-hybridized carbons (Fsp3) is 0.226. The number of pyridine rings is 1. The van der Waals surface area contributed by atoms with Crippen LogP contribution >= 0.6 is 11.6 Å². The van der Waals surface area contributed by atoms with E-state index >= 15 is 4.39 Å². The van der Waals surface area contributed by atoms with E-state index in [4.69, 9.17) is 26.2 Å². The molecule has 0 unspecified atom stereocenters. The second-order valence-corrected chi connectivity index (χ2v) is 12.3. The van der Waals surface area contributed by atoms with E-state index in [1.54, 1.807) is 49.5 Å². The number of carbonyl (C=O) groups is 1. The Morgan fingerprint density at radius 3 is 2.37 bits per heavy atom. The first-order chi connectivity index (χ1) is 21.8. The van der Waals surface area contributed by atoms with Gasteiger partial charge in [0.1, 0.15) is 33.8 Å². The van der Waals surface area contributed by atoms with Crippen LogP contribution in [0.15, 0.2) is 77.8 Å². The quantitative estimate of drug-likeness (QED) is 0.170. The van der Waals surface area contributed by atoms with Crippen molar-refractivity contribution in [2.75, 3.05) is 55.9 Å². The van der Waals surface area contributed by atoms with Crippen LogP contribution in [0.3, 0.4) is 0 Å². The van der Waals surface area contributed by atoms with Gasteiger partial charge in [0.05, 0.1) is 49.0 Å². The number of aromatic nitrogens is 1. The summed E-state index contributed by atoms with van der Waals surface area (Å²) in [4.78, 5) is 17.3. The van der Waals surface area contributed by atoms with Crippen LogP contribution in [0.4, 0.5) is 36.5 Å². The van der Waals surface area contributed by atoms with E-state index in [-0.39, 0.29) is 29.6 Å². The molecule has 0 aliphatic rings. The van der Waals surface area contributed by atoms with Crippen molar-refractivity contribution in [2.45, 2.75) is 11.4 Å². The first kappa shape index (κ1) is 34.1. The molecule has 244 valence electrons. The van der Waals surface area contributed by atoms with Crippen LogP contribution < -0.4 is 24.0 Å². The lowest BCUT2D eigenvalue weighted by molar-refractivity contribution is 0.157. The molecule has 11 nitrogen and oxygen atoms in total. The van der Waals surface area contributed by atoms with Gasteiger partial charge in [-0.1, -0.05) is 23.7 Å². The number of rotatable bonds is 13. The fourth-order valence-electron chi connectivity index (χ4n) is 4.46. The number of hydrogen-bond donors (Lipinski definition) is 2. The van der Waals surface area contributed by atoms with Crippen LogP contribution in [0.2, 0.25) is 5.02 Å². The van der Waals surface area contributed by atoms with Crippen molar-refractivity contribution < 1.29 is 36.6 Å². The van der Waals surface area contributed by atoms with E-state index in [0.29, 0.717) is 35.0 Å². The first-order valence-electron chi connectivity index (χ1n) is 13.7. The van der Waals surface area contributed by atoms with Crippen molar-refractivity contribution in [3.8, 4) is 11.5 Å². The molecule has 46 heavy (non-hydrogen) atoms. The monoisotopic (exact) mass is 675 g/mol. The van der Waals surface area contributed by atoms with Gasteiger partial charge in [0.2, 0.25) is 0 Å². The average molecular weight is 676 g/mol. The number of hydrogen-bond acceptors (Lipinski definition) is 8. The molecule has 0 radical (unpaired) electrons. The molecule has 1 heterocycles. The largest absolute Gasteiger partial charge is 0.497 e. The number of sulfonamides is 1. The smallest absolute Gasteiger partial charge is 0.407 e. The number of benzene rings is 3. The number of nitrogens with one attached hydrogen (secondary N) is 1. The third-order valence-electron chi connectivity index (χ3n) is 7.05. The van der Waals surface area contributed by atoms with Crippen molar-refractivity contribution in [3.05, 3.63) is 95.1 Å². The molecular formula is C31H32ClF2N5O6S. The molecule has 0 saturated carbocycles. The van der Waals surface area contributed by atoms with Gasteiger partial charge in [-0.25, -0.2) is 31.3 Å². The summed E-state index contributed by atoms with van der Waals surface area (Å²) < 4.78 is 69.1. The van der Waals surface area contributed by atoms with E-state index < -0.39 is 32.6 Å². The molecule has 0 saturated heterocycles. The van der Waals surface area contributed by atoms with Gasteiger partial charge in [0.15, 0.2) is 0 Å². The molecule has 4 rings (SSSR count). The summed E-state index contributed by atoms with van der Waals surface area (Å²) in [6.07, 6.45) is -0.206. The van der Waals surface area contributed by atoms with Gasteiger partial charge >= 0.3 is 6.09 Å². The van der Waals surface area contributed by atoms with E-state index in [9.17, 15) is 17.6 Å². The maximum absolute atomic E-state index is 15.8. The zero-order valence-electron chi connectivity index (χ0n) is 25.4. The van der Waals surface area contributed by atoms with Gasteiger partial charge in [0, 0.05) is 44.9 Å². The first-order valence-corrected chi connectivity index (χ1v) is 15.5. The predicted molar refractivity (Wildman–Crippen MR) is 172 cm³/mol. The van der Waals surface area contributed by atoms with Crippen LogP contribution in [0, 0.1) is 11.6 Å². The minimum absolute atomic E-state index is 0.0879. The predicted octanol–water partition coefficient (Wildman–Crippen LogP) is 6.22. The summed E-state index contributed by atoms with van der Waals surface area (Å²) in [6.45, 7) is 0.235. The molecule has 0 spiro atoms. The van der Waals surface area contributed by atoms with Gasteiger partial charge < -0.3 is 29.7 Å². The van der Waals surface area contributed by atoms with Crippen molar-refractivity contribution in [2.24, 2.45) is 0 Å². The van der Waals surface area contributed by atoms with E-state index in [0.717, 1.165) is 33.6 Å². The van der Waals surface area contributed by atoms with Crippen molar-refractivity contribution in [3.63, 3.8) is 0 Å². The highest BCUT2D eigenvalue weighted by molar-refractivity contribution is 7.92. The van der Waals surface area contributed by atoms with E-state index in [2.05, 4.69) is 10.3 Å². The van der Waals surface area contributed by atoms with Crippen molar-refractivity contribution >= 4 is 50.6 Å². The van der Waals surface area contributed by atoms with Gasteiger partial charge in [0.25, 0.3) is 10.0 Å². The minimum Gasteiger partial charge on any atom is -0.497 e. The van der Waals surface area contributed by atoms with Gasteiger partial charge in [-0.05, 0) is 42.5 Å². The molecule has 15 heteroatoms. The Kier molecular flexibility index (Phi) is 10.7. The molecule has 0 aliphatic carbocycles. The number of halogens is 3. The summed E-state index contributed by atoms with van der Waals surface area (Å²) in [6, 6.07) is 16.0. The summed E-state index contributed by atoms with van der Waals surface area (Å²) in [5.41, 5.74) is 1.67. The number of nitrogens with zero attached hydrogens (tertiary/aromatic N) is 4. The molecule has 0 bridgehead atoms. The lowest BCUT2D eigenvalue weighted by atomic mass is 10.2. The van der Waals surface area contributed by atoms with Crippen LogP contribution in [-0.4, -0.2) is 70.9 Å². The molecule has 4 aromatic rings. The third-order valence-corrected chi connectivity index (χ3v) is 9.12. The molecule has 0 fully saturated rings. The standard InChI is InChI=1S/C31H32ClF2N5O6S/c1-37(13-14-38(2)31(40)41)27-8-6-5-7-25(27)36-26-17-24(34)29(16-23(26)32)46(42,43)39(30-12-10-21(33)18-35-30)19-20-9-11-22(44-3)15-28(20)45-4/h5-12,15-18,36H,13-14,19H2,1-4H3,(H,40,41). The fourth-order valence-corrected chi connectivity index (χ4v) is 6.20. The van der Waals surface area contributed by atoms with Crippen LogP contribution in [0.1, 0.15) is 5.56 Å². The number of methoxy groups -OCH3 is 2. The highest BCUT2D eigenvalue weighted by Crippen LogP contribution is 2.36. The molecule has 1 aromatic heterocycles. The Balaban J connectivity index is 1.69. The zero-order valence-corrected chi connectivity index (χ0v) is 26.9. The molecule has 0 atom stereocenters. The molecular weight excluding hydrogens is 644 g/mol. The van der Waals surface area contributed by atoms with E-state index in [1.807, 2.05) is 4.90 Å². The number of carboxylic acid groups (broad SMARTS) is 1. The van der Waals surface area contributed by atoms with Gasteiger partial charge in [-0.2, -0.15) is 0 Å². The van der Waals surface area contributed by atoms with Gasteiger partial charge in [-0.15, -0.1) is 0 Å². The lowest BCUT2D eigenvalue weighted by Crippen LogP contribution is -2.34. The van der Waals surface area contributed by atoms with Crippen molar-refractivity contribution in [1.29, 1.82) is 0 Å². The number of anilines is 4. The lowest BCUT2D eigenvalue weighted by Gasteiger charge is -2.26. The SMILES string of the molecule is COc1ccc(CN(c2ccc(F)cn2)S(=O)(=O)c2cc(Cl)c(Nc3ccccc3N(C)CCN(C)C(=O)O)cc2F)c(OC)c1. The van der Waals surface area contributed by atoms with Crippen LogP contribution in [0.5, 0.6) is 11.5 Å². The van der Waals surface area contributed by atoms with E-state index in [1.165, 1.54) is 27.3 Å². The number of ether oxygens (including phenoxy) is 2. The minimum atomic E-state index is -4.68. The molecule has 1 amide bonds. The number of likely N-dealkylation sites (N-methyl/N-ethyl adjacent to an activating group) is 2. The molecule has 3 aromatic carbocycles. The Morgan fingerprint density at radius 1 is 0.978 bits per heavy atom. The molecule has 2 N–H and O–H groups in total. The van der Waals surface area contributed by atoms with Crippen LogP contribution in [0.25, 0.3) is 0 Å². The number of para-hydroxylation sites is 2. The van der Waals surface area contributed by atoms with Crippen molar-refractivity contribution in [1.82, 2.24) is 9.88 Å². The molecule has 0 aliphatic heterocycles. The Hall–Kier alpha value is -4.82. The normalized spacial score (nSPS) is 11.1. The Labute approximate surface area is 270 Å². The van der Waals surface area contributed by atoms with Gasteiger partial charge in [-0.3, -0.25) is 0 Å². The average Bonchev–Trinajstić information content (AvgIpc) is 3.04. The summed E-state index contributed by atoms with van der Waals surface area (Å²) in [7, 11) is 1.42. The van der Waals surface area contributed by atoms with Crippen LogP contribution in [-0.2, 0) is 16.6 Å². The summed E-state index contributed by atoms with van der Waals surface area (Å²) in [5, 5.41) is 12.1. The Morgan fingerprint density at radius 2 is 1.72 bits per heavy atom. The zero-order chi connectivity index (χ0) is 33.6. The summed E-state index contributed by atoms with van der Waals surface area (Å²) >= 11 is 6.54. The maximum Gasteiger partial charge on any atom is 0.407 e. The second-order valence-electron chi connectivity index (χ2n) is 10.1. The number of amides is 1. The maximum atomic E-state index is 15.8. The third kappa shape index (κ3) is 7.69. The topological polar surface area (TPSA) is 125 Å². The second kappa shape index (κ2) is 14.5. The summed E-state index contributed by atoms with van der Waals surface area (Å²) in [5.74, 6) is -1.18. The Bertz CT molecular complexity index is 1810. The highest BCUT2D eigenvalue weighted by atomic mass is 35.5.